The summed E-state index contributed by atoms with van der Waals surface area (Å²) in [6, 6.07) is 5.27. The highest BCUT2D eigenvalue weighted by Crippen LogP contribution is 2.26. The lowest BCUT2D eigenvalue weighted by molar-refractivity contribution is 0.373. The first kappa shape index (κ1) is 15.4. The Balaban J connectivity index is 0.000000487. The summed E-state index contributed by atoms with van der Waals surface area (Å²) < 4.78 is 4.20. The van der Waals surface area contributed by atoms with Gasteiger partial charge in [0.2, 0.25) is 0 Å². The molecule has 0 radical (unpaired) electrons. The fourth-order valence-electron chi connectivity index (χ4n) is 1.02. The molecule has 0 bridgehead atoms. The smallest absolute Gasteiger partial charge is 0.180 e. The van der Waals surface area contributed by atoms with E-state index in [4.69, 9.17) is 39.5 Å². The molecule has 1 aromatic carbocycles. The van der Waals surface area contributed by atoms with Gasteiger partial charge in [-0.3, -0.25) is 0 Å². The molecule has 0 aliphatic rings. The summed E-state index contributed by atoms with van der Waals surface area (Å²) in [6.07, 6.45) is 2.60. The van der Waals surface area contributed by atoms with E-state index in [1.807, 2.05) is 12.1 Å². The predicted molar refractivity (Wildman–Crippen MR) is 69.9 cm³/mol. The number of hydrogen-bond acceptors (Lipinski definition) is 2. The maximum absolute atomic E-state index is 9.25. The zero-order valence-electron chi connectivity index (χ0n) is 8.79. The number of methoxy groups -OCH3 is 1. The molecule has 0 spiro atoms. The van der Waals surface area contributed by atoms with Crippen LogP contribution in [-0.4, -0.2) is 16.5 Å². The number of allylic oxidation sites excluding steroid dienone is 1. The summed E-state index contributed by atoms with van der Waals surface area (Å²) in [5, 5.41) is 9.25. The largest absolute Gasteiger partial charge is 0.504 e. The molecule has 0 aliphatic heterocycles. The van der Waals surface area contributed by atoms with Crippen molar-refractivity contribution in [3.63, 3.8) is 0 Å². The van der Waals surface area contributed by atoms with Gasteiger partial charge in [-0.15, -0.1) is 6.58 Å². The van der Waals surface area contributed by atoms with Crippen LogP contribution in [0.4, 0.5) is 0 Å². The molecule has 0 saturated heterocycles. The second kappa shape index (κ2) is 8.57. The topological polar surface area (TPSA) is 29.5 Å². The van der Waals surface area contributed by atoms with Gasteiger partial charge in [0.1, 0.15) is 0 Å². The lowest BCUT2D eigenvalue weighted by Crippen LogP contribution is -1.86. The molecular formula is C11H13Cl3O2. The zero-order chi connectivity index (χ0) is 12.6. The van der Waals surface area contributed by atoms with E-state index in [9.17, 15) is 5.11 Å². The van der Waals surface area contributed by atoms with Crippen molar-refractivity contribution in [2.24, 2.45) is 0 Å². The van der Waals surface area contributed by atoms with Crippen molar-refractivity contribution < 1.29 is 9.84 Å². The van der Waals surface area contributed by atoms with E-state index in [1.165, 1.54) is 7.11 Å². The summed E-state index contributed by atoms with van der Waals surface area (Å²) in [6.45, 7) is 3.63. The number of aromatic hydroxyl groups is 1. The first-order chi connectivity index (χ1) is 7.51. The van der Waals surface area contributed by atoms with Crippen LogP contribution in [0.2, 0.25) is 0 Å². The lowest BCUT2D eigenvalue weighted by Gasteiger charge is -2.04. The average molecular weight is 284 g/mol. The molecule has 0 amide bonds. The summed E-state index contributed by atoms with van der Waals surface area (Å²) >= 11 is 14.4. The van der Waals surface area contributed by atoms with Crippen LogP contribution in [-0.2, 0) is 6.42 Å². The maximum Gasteiger partial charge on any atom is 0.180 e. The Labute approximate surface area is 110 Å². The van der Waals surface area contributed by atoms with Crippen LogP contribution in [0.5, 0.6) is 11.5 Å². The minimum atomic E-state index is -0.750. The van der Waals surface area contributed by atoms with Crippen LogP contribution >= 0.6 is 34.8 Å². The van der Waals surface area contributed by atoms with Crippen molar-refractivity contribution in [3.05, 3.63) is 36.4 Å². The van der Waals surface area contributed by atoms with Crippen molar-refractivity contribution in [3.8, 4) is 11.5 Å². The first-order valence-corrected chi connectivity index (χ1v) is 5.71. The summed E-state index contributed by atoms with van der Waals surface area (Å²) in [4.78, 5) is 0. The van der Waals surface area contributed by atoms with Gasteiger partial charge in [-0.05, 0) is 24.1 Å². The molecule has 0 fully saturated rings. The minimum absolute atomic E-state index is 0.172. The van der Waals surface area contributed by atoms with Gasteiger partial charge in [-0.2, -0.15) is 0 Å². The third-order valence-corrected chi connectivity index (χ3v) is 1.62. The highest BCUT2D eigenvalue weighted by Gasteiger charge is 2.00. The van der Waals surface area contributed by atoms with Crippen LogP contribution in [0.15, 0.2) is 30.9 Å². The Hall–Kier alpha value is -0.570. The highest BCUT2D eigenvalue weighted by atomic mass is 35.6. The van der Waals surface area contributed by atoms with Crippen molar-refractivity contribution >= 4 is 34.8 Å². The monoisotopic (exact) mass is 282 g/mol. The lowest BCUT2D eigenvalue weighted by atomic mass is 10.1. The van der Waals surface area contributed by atoms with Gasteiger partial charge in [0.05, 0.1) is 7.11 Å². The van der Waals surface area contributed by atoms with Gasteiger partial charge in [0.25, 0.3) is 0 Å². The number of ether oxygens (including phenoxy) is 1. The Morgan fingerprint density at radius 3 is 2.44 bits per heavy atom. The first-order valence-electron chi connectivity index (χ1n) is 4.40. The van der Waals surface area contributed by atoms with Gasteiger partial charge < -0.3 is 9.84 Å². The van der Waals surface area contributed by atoms with E-state index in [-0.39, 0.29) is 5.75 Å². The molecule has 0 aromatic heterocycles. The molecule has 0 aliphatic carbocycles. The molecule has 0 heterocycles. The van der Waals surface area contributed by atoms with Crippen LogP contribution < -0.4 is 4.74 Å². The number of benzene rings is 1. The number of alkyl halides is 3. The molecule has 16 heavy (non-hydrogen) atoms. The normalized spacial score (nSPS) is 9.31. The SMILES string of the molecule is C=CCc1ccc(O)c(OC)c1.ClC(Cl)Cl. The maximum atomic E-state index is 9.25. The molecule has 2 nitrogen and oxygen atoms in total. The van der Waals surface area contributed by atoms with E-state index in [2.05, 4.69) is 6.58 Å². The van der Waals surface area contributed by atoms with Crippen molar-refractivity contribution in [1.29, 1.82) is 0 Å². The van der Waals surface area contributed by atoms with Crippen molar-refractivity contribution in [2.75, 3.05) is 7.11 Å². The van der Waals surface area contributed by atoms with Crippen molar-refractivity contribution in [1.82, 2.24) is 0 Å². The average Bonchev–Trinajstić information content (AvgIpc) is 2.20. The van der Waals surface area contributed by atoms with E-state index >= 15 is 0 Å². The number of hydrogen-bond donors (Lipinski definition) is 1. The van der Waals surface area contributed by atoms with Gasteiger partial charge in [0.15, 0.2) is 15.8 Å². The summed E-state index contributed by atoms with van der Waals surface area (Å²) in [5.41, 5.74) is 1.08. The summed E-state index contributed by atoms with van der Waals surface area (Å²) in [7, 11) is 1.53. The third-order valence-electron chi connectivity index (χ3n) is 1.62. The number of phenols is 1. The van der Waals surface area contributed by atoms with E-state index in [0.717, 1.165) is 12.0 Å². The fourth-order valence-corrected chi connectivity index (χ4v) is 1.02. The number of phenolic OH excluding ortho intramolecular Hbond substituents is 1. The molecule has 0 atom stereocenters. The Bertz CT molecular complexity index is 324. The standard InChI is InChI=1S/C10H12O2.CHCl3/c1-3-4-8-5-6-9(11)10(7-8)12-2;2-1(3)4/h3,5-7,11H,1,4H2,2H3;1H. The van der Waals surface area contributed by atoms with Crippen LogP contribution in [0, 0.1) is 0 Å². The van der Waals surface area contributed by atoms with Gasteiger partial charge in [-0.1, -0.05) is 46.9 Å². The van der Waals surface area contributed by atoms with Crippen LogP contribution in [0.3, 0.4) is 0 Å². The number of rotatable bonds is 3. The quantitative estimate of drug-likeness (QED) is 0.668. The molecule has 90 valence electrons. The van der Waals surface area contributed by atoms with Crippen LogP contribution in [0.25, 0.3) is 0 Å². The van der Waals surface area contributed by atoms with Crippen molar-refractivity contribution in [2.45, 2.75) is 10.7 Å². The van der Waals surface area contributed by atoms with Gasteiger partial charge in [0, 0.05) is 0 Å². The summed E-state index contributed by atoms with van der Waals surface area (Å²) in [5.74, 6) is 0.680. The number of halogens is 3. The van der Waals surface area contributed by atoms with Gasteiger partial charge >= 0.3 is 0 Å². The Morgan fingerprint density at radius 2 is 2.00 bits per heavy atom. The highest BCUT2D eigenvalue weighted by molar-refractivity contribution is 6.63. The zero-order valence-corrected chi connectivity index (χ0v) is 11.1. The molecular weight excluding hydrogens is 270 g/mol. The third kappa shape index (κ3) is 6.83. The van der Waals surface area contributed by atoms with E-state index in [0.29, 0.717) is 5.75 Å². The van der Waals surface area contributed by atoms with Crippen LogP contribution in [0.1, 0.15) is 5.56 Å². The molecule has 1 aromatic rings. The molecule has 0 unspecified atom stereocenters. The van der Waals surface area contributed by atoms with E-state index in [1.54, 1.807) is 12.1 Å². The van der Waals surface area contributed by atoms with E-state index < -0.39 is 4.30 Å². The Kier molecular flexibility index (Phi) is 8.26. The second-order valence-corrected chi connectivity index (χ2v) is 4.73. The predicted octanol–water partition coefficient (Wildman–Crippen LogP) is 4.12. The molecule has 5 heteroatoms. The van der Waals surface area contributed by atoms with Gasteiger partial charge in [-0.25, -0.2) is 0 Å². The fraction of sp³-hybridized carbons (Fsp3) is 0.273. The Morgan fingerprint density at radius 1 is 1.44 bits per heavy atom. The molecule has 0 saturated carbocycles. The molecule has 1 rings (SSSR count). The molecule has 1 N–H and O–H groups in total. The second-order valence-electron chi connectivity index (χ2n) is 2.75. The minimum Gasteiger partial charge on any atom is -0.504 e.